The first-order valence-electron chi connectivity index (χ1n) is 35.5. The Morgan fingerprint density at radius 3 is 0.651 bits per heavy atom. The van der Waals surface area contributed by atoms with E-state index in [0.717, 1.165) is 0 Å². The zero-order valence-corrected chi connectivity index (χ0v) is 60.4. The number of unbranched alkanes of at least 4 members (excludes halogenated alkanes) is 2. The number of rotatable bonds is 40. The zero-order valence-electron chi connectivity index (χ0n) is 60.4. The first-order valence-corrected chi connectivity index (χ1v) is 35.5. The molecule has 0 aromatic heterocycles. The zero-order chi connectivity index (χ0) is 82.3. The van der Waals surface area contributed by atoms with Crippen LogP contribution in [0.5, 0.6) is 0 Å². The molecule has 36 atom stereocenters. The smallest absolute Gasteiger partial charge is 0.364 e. The van der Waals surface area contributed by atoms with Gasteiger partial charge in [-0.25, -0.2) is 28.8 Å². The Balaban J connectivity index is 1.09. The lowest BCUT2D eigenvalue weighted by Gasteiger charge is -2.48. The van der Waals surface area contributed by atoms with Crippen molar-refractivity contribution in [2.24, 2.45) is 41.2 Å². The average Bonchev–Trinajstić information content (AvgIpc) is 0.765. The van der Waals surface area contributed by atoms with Crippen LogP contribution in [0.25, 0.3) is 0 Å². The molecule has 6 aliphatic rings. The summed E-state index contributed by atoms with van der Waals surface area (Å²) in [5.41, 5.74) is 5.52. The molecule has 0 saturated carbocycles. The van der Waals surface area contributed by atoms with Crippen molar-refractivity contribution >= 4 is 35.8 Å². The van der Waals surface area contributed by atoms with Gasteiger partial charge in [0, 0.05) is 74.0 Å². The molecule has 632 valence electrons. The Hall–Kier alpha value is -4.46. The molecule has 0 spiro atoms. The van der Waals surface area contributed by atoms with Crippen LogP contribution in [0.2, 0.25) is 0 Å². The molecular formula is C65H109NO43. The van der Waals surface area contributed by atoms with Crippen molar-refractivity contribution in [3.05, 3.63) is 0 Å². The highest BCUT2D eigenvalue weighted by Crippen LogP contribution is 2.45. The predicted octanol–water partition coefficient (Wildman–Crippen LogP) is -10.1. The molecule has 0 aliphatic carbocycles. The molecule has 44 heteroatoms. The minimum atomic E-state index is -3.15. The Kier molecular flexibility index (Phi) is 32.8. The van der Waals surface area contributed by atoms with Crippen LogP contribution < -0.4 is 5.73 Å². The lowest BCUT2D eigenvalue weighted by Crippen LogP contribution is -2.64. The number of hydrogen-bond donors (Lipinski definition) is 26. The number of aliphatic carboxylic acids is 6. The number of carboxylic acids is 6. The van der Waals surface area contributed by atoms with Gasteiger partial charge in [-0.2, -0.15) is 0 Å². The number of carbonyl (C=O) groups is 6. The minimum Gasteiger partial charge on any atom is -0.477 e. The van der Waals surface area contributed by atoms with Gasteiger partial charge in [0.05, 0.1) is 119 Å². The van der Waals surface area contributed by atoms with Crippen molar-refractivity contribution in [1.82, 2.24) is 0 Å². The first-order chi connectivity index (χ1) is 50.6. The third kappa shape index (κ3) is 20.6. The van der Waals surface area contributed by atoms with E-state index in [-0.39, 0.29) is 6.61 Å². The van der Waals surface area contributed by atoms with E-state index in [9.17, 15) is 156 Å². The van der Waals surface area contributed by atoms with Gasteiger partial charge < -0.3 is 190 Å². The fourth-order valence-electron chi connectivity index (χ4n) is 14.0. The van der Waals surface area contributed by atoms with Crippen molar-refractivity contribution < 1.29 is 213 Å². The number of carboxylic acid groups (broad SMARTS) is 6. The molecule has 6 fully saturated rings. The summed E-state index contributed by atoms with van der Waals surface area (Å²) < 4.78 is 67.0. The van der Waals surface area contributed by atoms with Crippen molar-refractivity contribution in [2.45, 2.75) is 281 Å². The first kappa shape index (κ1) is 93.4. The molecule has 0 radical (unpaired) electrons. The fraction of sp³-hybridized carbons (Fsp3) is 0.908. The molecule has 27 N–H and O–H groups in total. The number of nitrogens with two attached hydrogens (primary N) is 1. The summed E-state index contributed by atoms with van der Waals surface area (Å²) >= 11 is 0. The Labute approximate surface area is 622 Å². The Bertz CT molecular complexity index is 2980. The lowest BCUT2D eigenvalue weighted by atomic mass is 9.83. The molecule has 6 aliphatic heterocycles. The third-order valence-electron chi connectivity index (χ3n) is 21.7. The number of hydrogen-bond acceptors (Lipinski definition) is 38. The molecule has 6 heterocycles. The second-order valence-electron chi connectivity index (χ2n) is 29.4. The summed E-state index contributed by atoms with van der Waals surface area (Å²) in [7, 11) is 0. The predicted molar refractivity (Wildman–Crippen MR) is 348 cm³/mol. The summed E-state index contributed by atoms with van der Waals surface area (Å²) in [5, 5.41) is 273. The van der Waals surface area contributed by atoms with E-state index in [4.69, 9.17) is 62.6 Å². The van der Waals surface area contributed by atoms with Crippen LogP contribution in [0.4, 0.5) is 0 Å². The van der Waals surface area contributed by atoms with Gasteiger partial charge >= 0.3 is 35.8 Å². The van der Waals surface area contributed by atoms with Gasteiger partial charge in [0.25, 0.3) is 34.7 Å². The van der Waals surface area contributed by atoms with Crippen molar-refractivity contribution in [3.8, 4) is 0 Å². The molecule has 109 heavy (non-hydrogen) atoms. The SMILES string of the molecule is C[C@@H]1C(O)CC(OC[C@@H](O)[C@@H](O)[C@@H]2OC(OC[C@@H](O)[C@@H](O)[C@@H]3OC(OC[C@@H](O)[C@@H](O)[C@@H]4OC(OC[C@@H](O)[C@@H](O)[C@@H]5OC(OC[C@@H](O)[C@@H](O)[C@@H]6OC(OCCCCCN)(C(=O)O)CC(O)[C@H]6C)(C(=O)O)CC(O)[C@H]5C)(C(=O)O)CC(O)[C@H]4C)(C(=O)O)CC(O)[C@H]3C)(C(=O)O)CC(O)[C@H]2C)(C(=O)O)O[C@H]1[C@H](O)[C@H](O)CO. The molecular weight excluding hydrogens is 1480 g/mol. The van der Waals surface area contributed by atoms with Crippen LogP contribution in [0, 0.1) is 35.5 Å². The van der Waals surface area contributed by atoms with Crippen molar-refractivity contribution in [2.75, 3.05) is 52.8 Å². The maximum absolute atomic E-state index is 13.1. The fourth-order valence-corrected chi connectivity index (χ4v) is 14.0. The highest BCUT2D eigenvalue weighted by Gasteiger charge is 2.62. The number of aliphatic hydroxyl groups is 19. The monoisotopic (exact) mass is 1590 g/mol. The minimum absolute atomic E-state index is 0.177. The van der Waals surface area contributed by atoms with E-state index in [1.54, 1.807) is 0 Å². The van der Waals surface area contributed by atoms with Crippen LogP contribution in [0.3, 0.4) is 0 Å². The van der Waals surface area contributed by atoms with Crippen LogP contribution in [-0.2, 0) is 85.6 Å². The number of ether oxygens (including phenoxy) is 12. The second-order valence-corrected chi connectivity index (χ2v) is 29.4. The molecule has 0 aromatic carbocycles. The van der Waals surface area contributed by atoms with E-state index in [0.29, 0.717) is 25.8 Å². The van der Waals surface area contributed by atoms with Crippen molar-refractivity contribution in [3.63, 3.8) is 0 Å². The molecule has 44 nitrogen and oxygen atoms in total. The number of aliphatic hydroxyl groups excluding tert-OH is 19. The van der Waals surface area contributed by atoms with Crippen LogP contribution in [0.1, 0.15) is 99.3 Å². The second kappa shape index (κ2) is 38.3. The molecule has 12 unspecified atom stereocenters. The molecule has 6 rings (SSSR count). The highest BCUT2D eigenvalue weighted by atomic mass is 16.8. The summed E-state index contributed by atoms with van der Waals surface area (Å²) in [6, 6.07) is 0. The highest BCUT2D eigenvalue weighted by molar-refractivity contribution is 5.78. The summed E-state index contributed by atoms with van der Waals surface area (Å²) in [6.45, 7) is 0.241. The van der Waals surface area contributed by atoms with E-state index < -0.39 is 331 Å². The normalized spacial score (nSPS) is 40.8. The standard InChI is InChI=1S/C65H109NO43/c1-24-31(69)13-61(55(88)89,105-48(24)42(80)36(74)18-67)99-20-38(76)44(82)50-26(3)33(71)15-63(107-50,57(92)93)101-22-40(78)46(84)52-28(5)35(73)17-65(109-52,59(96)97)103-23-41(79)47(85)53-29(6)34(72)16-64(108-53,58(94)95)102-21-39(77)45(83)51-27(4)32(70)14-62(106-51,56(90)91)100-19-37(75)43(81)49-25(2)30(68)12-60(104-49,54(86)87)98-11-9-7-8-10-66/h24-53,67-85H,7-23,66H2,1-6H3,(H,86,87)(H,88,89)(H,90,91)(H,92,93)(H,94,95)(H,96,97)/t24-,25-,26-,27-,28-,29-,30?,31?,32?,33?,34?,35?,36-,37-,38-,39-,40-,41-,42-,43-,44-,45-,46-,47-,48-,49-,50-,51-,52-,53-,60?,61?,62?,63?,64?,65?/m1/s1. The average molecular weight is 1590 g/mol. The molecule has 0 bridgehead atoms. The Morgan fingerprint density at radius 2 is 0.486 bits per heavy atom. The van der Waals surface area contributed by atoms with Gasteiger partial charge in [0.2, 0.25) is 0 Å². The van der Waals surface area contributed by atoms with E-state index in [2.05, 4.69) is 0 Å². The maximum Gasteiger partial charge on any atom is 0.364 e. The molecule has 0 amide bonds. The summed E-state index contributed by atoms with van der Waals surface area (Å²) in [4.78, 5) is 77.4. The Morgan fingerprint density at radius 1 is 0.312 bits per heavy atom. The van der Waals surface area contributed by atoms with Gasteiger partial charge in [0.1, 0.15) is 73.2 Å². The van der Waals surface area contributed by atoms with Crippen LogP contribution in [-0.4, -0.2) is 397 Å². The van der Waals surface area contributed by atoms with Gasteiger partial charge in [-0.15, -0.1) is 0 Å². The molecule has 0 aromatic rings. The quantitative estimate of drug-likeness (QED) is 0.0253. The molecule has 6 saturated heterocycles. The van der Waals surface area contributed by atoms with Crippen LogP contribution in [0.15, 0.2) is 0 Å². The van der Waals surface area contributed by atoms with Gasteiger partial charge in [-0.1, -0.05) is 41.5 Å². The summed E-state index contributed by atoms with van der Waals surface area (Å²) in [5.74, 6) is -37.1. The van der Waals surface area contributed by atoms with Crippen LogP contribution >= 0.6 is 0 Å². The van der Waals surface area contributed by atoms with Crippen molar-refractivity contribution in [1.29, 1.82) is 0 Å². The van der Waals surface area contributed by atoms with Gasteiger partial charge in [-0.3, -0.25) is 0 Å². The maximum atomic E-state index is 13.1. The third-order valence-corrected chi connectivity index (χ3v) is 21.7. The lowest BCUT2D eigenvalue weighted by molar-refractivity contribution is -0.341. The van der Waals surface area contributed by atoms with Gasteiger partial charge in [0.15, 0.2) is 0 Å². The topological polar surface area (TPSA) is 745 Å². The largest absolute Gasteiger partial charge is 0.477 e. The van der Waals surface area contributed by atoms with Gasteiger partial charge in [-0.05, 0) is 25.8 Å². The summed E-state index contributed by atoms with van der Waals surface area (Å²) in [6.07, 6.45) is -53.0. The van der Waals surface area contributed by atoms with E-state index in [1.807, 2.05) is 0 Å². The van der Waals surface area contributed by atoms with E-state index >= 15 is 0 Å². The van der Waals surface area contributed by atoms with E-state index in [1.165, 1.54) is 41.5 Å².